The second-order valence-electron chi connectivity index (χ2n) is 4.33. The predicted octanol–water partition coefficient (Wildman–Crippen LogP) is 2.72. The highest BCUT2D eigenvalue weighted by atomic mass is 32.2. The van der Waals surface area contributed by atoms with Gasteiger partial charge < -0.3 is 4.57 Å². The molecular weight excluding hydrogens is 232 g/mol. The minimum atomic E-state index is 0.501. The van der Waals surface area contributed by atoms with Gasteiger partial charge in [-0.2, -0.15) is 0 Å². The lowest BCUT2D eigenvalue weighted by Gasteiger charge is -2.00. The van der Waals surface area contributed by atoms with Crippen LogP contribution < -0.4 is 0 Å². The van der Waals surface area contributed by atoms with Gasteiger partial charge in [-0.3, -0.25) is 4.40 Å². The van der Waals surface area contributed by atoms with Crippen molar-refractivity contribution >= 4 is 28.6 Å². The molecule has 0 saturated heterocycles. The Bertz CT molecular complexity index is 680. The normalized spacial score (nSPS) is 12.0. The third-order valence-corrected chi connectivity index (χ3v) is 3.69. The summed E-state index contributed by atoms with van der Waals surface area (Å²) < 4.78 is 4.20. The summed E-state index contributed by atoms with van der Waals surface area (Å²) in [5.74, 6) is 0.898. The number of hydrogen-bond donors (Lipinski definition) is 0. The SMILES string of the molecule is CC(C)Sc1nnc2n(C)c3ccccc3n12. The van der Waals surface area contributed by atoms with Gasteiger partial charge in [0.05, 0.1) is 11.0 Å². The molecule has 0 bridgehead atoms. The van der Waals surface area contributed by atoms with Gasteiger partial charge >= 0.3 is 0 Å². The smallest absolute Gasteiger partial charge is 0.236 e. The average Bonchev–Trinajstić information content (AvgIpc) is 2.81. The van der Waals surface area contributed by atoms with E-state index in [4.69, 9.17) is 0 Å². The van der Waals surface area contributed by atoms with Crippen molar-refractivity contribution in [3.63, 3.8) is 0 Å². The third-order valence-electron chi connectivity index (χ3n) is 2.74. The first-order valence-electron chi connectivity index (χ1n) is 5.63. The van der Waals surface area contributed by atoms with E-state index in [1.54, 1.807) is 11.8 Å². The molecule has 5 heteroatoms. The maximum absolute atomic E-state index is 4.26. The molecule has 0 saturated carbocycles. The maximum atomic E-state index is 4.26. The number of rotatable bonds is 2. The maximum Gasteiger partial charge on any atom is 0.236 e. The molecule has 0 unspecified atom stereocenters. The van der Waals surface area contributed by atoms with Crippen molar-refractivity contribution in [1.29, 1.82) is 0 Å². The van der Waals surface area contributed by atoms with E-state index in [0.29, 0.717) is 5.25 Å². The molecular formula is C12H14N4S. The Hall–Kier alpha value is -1.49. The number of benzene rings is 1. The van der Waals surface area contributed by atoms with E-state index < -0.39 is 0 Å². The molecule has 3 rings (SSSR count). The van der Waals surface area contributed by atoms with Crippen molar-refractivity contribution in [2.75, 3.05) is 0 Å². The van der Waals surface area contributed by atoms with Crippen molar-refractivity contribution in [2.24, 2.45) is 7.05 Å². The van der Waals surface area contributed by atoms with Crippen LogP contribution in [-0.2, 0) is 7.05 Å². The monoisotopic (exact) mass is 246 g/mol. The molecule has 0 aliphatic heterocycles. The Morgan fingerprint density at radius 3 is 2.53 bits per heavy atom. The van der Waals surface area contributed by atoms with Gasteiger partial charge in [-0.05, 0) is 12.1 Å². The Morgan fingerprint density at radius 1 is 1.12 bits per heavy atom. The Labute approximate surface area is 104 Å². The average molecular weight is 246 g/mol. The minimum absolute atomic E-state index is 0.501. The minimum Gasteiger partial charge on any atom is -0.311 e. The quantitative estimate of drug-likeness (QED) is 0.652. The fraction of sp³-hybridized carbons (Fsp3) is 0.333. The van der Waals surface area contributed by atoms with E-state index in [2.05, 4.69) is 45.1 Å². The molecule has 1 aromatic carbocycles. The number of hydrogen-bond acceptors (Lipinski definition) is 3. The van der Waals surface area contributed by atoms with Crippen molar-refractivity contribution in [2.45, 2.75) is 24.3 Å². The third kappa shape index (κ3) is 1.53. The molecule has 0 aliphatic carbocycles. The van der Waals surface area contributed by atoms with Crippen LogP contribution in [0.5, 0.6) is 0 Å². The summed E-state index contributed by atoms with van der Waals surface area (Å²) in [6.45, 7) is 4.33. The van der Waals surface area contributed by atoms with Crippen molar-refractivity contribution in [1.82, 2.24) is 19.2 Å². The molecule has 0 spiro atoms. The lowest BCUT2D eigenvalue weighted by Crippen LogP contribution is -1.91. The Kier molecular flexibility index (Phi) is 2.36. The van der Waals surface area contributed by atoms with Crippen LogP contribution in [0.1, 0.15) is 13.8 Å². The topological polar surface area (TPSA) is 35.1 Å². The lowest BCUT2D eigenvalue weighted by molar-refractivity contribution is 0.928. The number of aryl methyl sites for hydroxylation is 1. The number of imidazole rings is 1. The second-order valence-corrected chi connectivity index (χ2v) is 5.88. The molecule has 4 nitrogen and oxygen atoms in total. The van der Waals surface area contributed by atoms with Gasteiger partial charge in [0.25, 0.3) is 0 Å². The molecule has 2 aromatic heterocycles. The summed E-state index contributed by atoms with van der Waals surface area (Å²) in [5.41, 5.74) is 2.35. The highest BCUT2D eigenvalue weighted by molar-refractivity contribution is 7.99. The van der Waals surface area contributed by atoms with Gasteiger partial charge in [-0.15, -0.1) is 10.2 Å². The number of thioether (sulfide) groups is 1. The molecule has 0 aliphatic rings. The Balaban J connectivity index is 2.36. The zero-order valence-corrected chi connectivity index (χ0v) is 10.9. The van der Waals surface area contributed by atoms with Gasteiger partial charge in [0.2, 0.25) is 5.78 Å². The van der Waals surface area contributed by atoms with Crippen LogP contribution in [0.15, 0.2) is 29.4 Å². The van der Waals surface area contributed by atoms with Gasteiger partial charge in [0.1, 0.15) is 0 Å². The molecule has 3 aromatic rings. The van der Waals surface area contributed by atoms with Crippen LogP contribution in [0.2, 0.25) is 0 Å². The molecule has 0 amide bonds. The highest BCUT2D eigenvalue weighted by Crippen LogP contribution is 2.26. The largest absolute Gasteiger partial charge is 0.311 e. The van der Waals surface area contributed by atoms with E-state index in [1.807, 2.05) is 19.2 Å². The molecule has 2 heterocycles. The molecule has 0 N–H and O–H groups in total. The molecule has 0 atom stereocenters. The molecule has 88 valence electrons. The first-order valence-corrected chi connectivity index (χ1v) is 6.51. The van der Waals surface area contributed by atoms with E-state index in [1.165, 1.54) is 5.52 Å². The second kappa shape index (κ2) is 3.77. The summed E-state index contributed by atoms with van der Waals surface area (Å²) in [6.07, 6.45) is 0. The van der Waals surface area contributed by atoms with E-state index in [0.717, 1.165) is 16.5 Å². The van der Waals surface area contributed by atoms with Gasteiger partial charge in [0.15, 0.2) is 5.16 Å². The zero-order chi connectivity index (χ0) is 12.0. The summed E-state index contributed by atoms with van der Waals surface area (Å²) in [6, 6.07) is 8.31. The lowest BCUT2D eigenvalue weighted by atomic mass is 10.3. The van der Waals surface area contributed by atoms with E-state index in [9.17, 15) is 0 Å². The number of aromatic nitrogens is 4. The summed E-state index contributed by atoms with van der Waals surface area (Å²) in [5, 5.41) is 9.99. The highest BCUT2D eigenvalue weighted by Gasteiger charge is 2.15. The molecule has 17 heavy (non-hydrogen) atoms. The summed E-state index contributed by atoms with van der Waals surface area (Å²) in [4.78, 5) is 0. The standard InChI is InChI=1S/C12H14N4S/c1-8(2)17-12-14-13-11-15(3)9-6-4-5-7-10(9)16(11)12/h4-8H,1-3H3. The Morgan fingerprint density at radius 2 is 1.82 bits per heavy atom. The van der Waals surface area contributed by atoms with Gasteiger partial charge in [-0.1, -0.05) is 37.7 Å². The number of nitrogens with zero attached hydrogens (tertiary/aromatic N) is 4. The fourth-order valence-corrected chi connectivity index (χ4v) is 2.82. The van der Waals surface area contributed by atoms with Gasteiger partial charge in [0, 0.05) is 12.3 Å². The van der Waals surface area contributed by atoms with E-state index in [-0.39, 0.29) is 0 Å². The van der Waals surface area contributed by atoms with Gasteiger partial charge in [-0.25, -0.2) is 0 Å². The van der Waals surface area contributed by atoms with Crippen LogP contribution in [0.3, 0.4) is 0 Å². The summed E-state index contributed by atoms with van der Waals surface area (Å²) >= 11 is 1.74. The van der Waals surface area contributed by atoms with Crippen LogP contribution in [0.25, 0.3) is 16.8 Å². The molecule has 0 radical (unpaired) electrons. The van der Waals surface area contributed by atoms with Crippen LogP contribution in [0, 0.1) is 0 Å². The van der Waals surface area contributed by atoms with Crippen molar-refractivity contribution < 1.29 is 0 Å². The number of fused-ring (bicyclic) bond motifs is 3. The van der Waals surface area contributed by atoms with Crippen LogP contribution >= 0.6 is 11.8 Å². The molecule has 0 fully saturated rings. The first kappa shape index (κ1) is 10.7. The van der Waals surface area contributed by atoms with Crippen LogP contribution in [-0.4, -0.2) is 24.4 Å². The van der Waals surface area contributed by atoms with E-state index >= 15 is 0 Å². The number of para-hydroxylation sites is 2. The summed E-state index contributed by atoms with van der Waals surface area (Å²) in [7, 11) is 2.02. The van der Waals surface area contributed by atoms with Crippen molar-refractivity contribution in [3.05, 3.63) is 24.3 Å². The zero-order valence-electron chi connectivity index (χ0n) is 10.1. The fourth-order valence-electron chi connectivity index (χ4n) is 2.02. The predicted molar refractivity (Wildman–Crippen MR) is 70.5 cm³/mol. The first-order chi connectivity index (χ1) is 8.18. The van der Waals surface area contributed by atoms with Crippen molar-refractivity contribution in [3.8, 4) is 0 Å². The van der Waals surface area contributed by atoms with Crippen LogP contribution in [0.4, 0.5) is 0 Å².